The Hall–Kier alpha value is -1.74. The highest BCUT2D eigenvalue weighted by molar-refractivity contribution is 7.99. The molecule has 0 aromatic heterocycles. The van der Waals surface area contributed by atoms with Gasteiger partial charge in [0.25, 0.3) is 0 Å². The van der Waals surface area contributed by atoms with Crippen LogP contribution < -0.4 is 15.4 Å². The predicted octanol–water partition coefficient (Wildman–Crippen LogP) is 2.85. The molecule has 0 fully saturated rings. The third kappa shape index (κ3) is 8.10. The highest BCUT2D eigenvalue weighted by Gasteiger charge is 2.08. The van der Waals surface area contributed by atoms with Gasteiger partial charge in [0, 0.05) is 35.8 Å². The lowest BCUT2D eigenvalue weighted by Gasteiger charge is -2.12. The topological polar surface area (TPSA) is 82.6 Å². The number of hydrogen-bond donors (Lipinski definition) is 3. The number of nitrogens with zero attached hydrogens (tertiary/aromatic N) is 1. The molecule has 0 aliphatic heterocycles. The fourth-order valence-corrected chi connectivity index (χ4v) is 3.99. The van der Waals surface area contributed by atoms with E-state index in [-0.39, 0.29) is 5.75 Å². The first-order valence-corrected chi connectivity index (χ1v) is 11.8. The molecular formula is C19H25ClN4O2S2. The quantitative estimate of drug-likeness (QED) is 0.242. The molecule has 0 atom stereocenters. The Labute approximate surface area is 176 Å². The van der Waals surface area contributed by atoms with Gasteiger partial charge in [0.15, 0.2) is 5.96 Å². The Bertz CT molecular complexity index is 870. The normalized spacial score (nSPS) is 12.0. The van der Waals surface area contributed by atoms with Crippen molar-refractivity contribution in [3.05, 3.63) is 64.7 Å². The van der Waals surface area contributed by atoms with Gasteiger partial charge < -0.3 is 10.6 Å². The molecule has 0 saturated carbocycles. The number of benzene rings is 2. The van der Waals surface area contributed by atoms with Crippen molar-refractivity contribution >= 4 is 39.3 Å². The molecule has 28 heavy (non-hydrogen) atoms. The van der Waals surface area contributed by atoms with Crippen LogP contribution in [0.15, 0.2) is 58.4 Å². The molecule has 0 heterocycles. The summed E-state index contributed by atoms with van der Waals surface area (Å²) in [7, 11) is -0.107. The summed E-state index contributed by atoms with van der Waals surface area (Å²) in [5.74, 6) is 1.60. The molecule has 9 heteroatoms. The molecule has 2 aromatic rings. The summed E-state index contributed by atoms with van der Waals surface area (Å²) in [6.45, 7) is 1.37. The Morgan fingerprint density at radius 2 is 1.68 bits per heavy atom. The molecule has 0 saturated heterocycles. The van der Waals surface area contributed by atoms with Gasteiger partial charge in [-0.3, -0.25) is 4.99 Å². The highest BCUT2D eigenvalue weighted by atomic mass is 35.5. The molecule has 0 radical (unpaired) electrons. The van der Waals surface area contributed by atoms with Crippen molar-refractivity contribution in [2.45, 2.75) is 17.2 Å². The second-order valence-corrected chi connectivity index (χ2v) is 9.47. The Balaban J connectivity index is 1.73. The van der Waals surface area contributed by atoms with Crippen LogP contribution in [-0.2, 0) is 22.3 Å². The van der Waals surface area contributed by atoms with E-state index in [1.807, 2.05) is 48.5 Å². The van der Waals surface area contributed by atoms with Crippen LogP contribution in [-0.4, -0.2) is 40.8 Å². The van der Waals surface area contributed by atoms with Crippen LogP contribution >= 0.6 is 23.4 Å². The lowest BCUT2D eigenvalue weighted by Crippen LogP contribution is -2.37. The molecule has 0 bridgehead atoms. The fraction of sp³-hybridized carbons (Fsp3) is 0.316. The number of rotatable bonds is 9. The van der Waals surface area contributed by atoms with E-state index >= 15 is 0 Å². The van der Waals surface area contributed by atoms with Gasteiger partial charge in [-0.25, -0.2) is 13.1 Å². The molecule has 0 amide bonds. The molecule has 152 valence electrons. The van der Waals surface area contributed by atoms with Gasteiger partial charge in [-0.1, -0.05) is 35.9 Å². The Kier molecular flexibility index (Phi) is 9.11. The number of nitrogens with one attached hydrogen (secondary N) is 3. The molecule has 0 unspecified atom stereocenters. The van der Waals surface area contributed by atoms with E-state index in [2.05, 4.69) is 20.3 Å². The molecule has 6 nitrogen and oxygen atoms in total. The van der Waals surface area contributed by atoms with Gasteiger partial charge in [-0.2, -0.15) is 0 Å². The summed E-state index contributed by atoms with van der Waals surface area (Å²) in [5.41, 5.74) is 1.80. The van der Waals surface area contributed by atoms with Crippen LogP contribution in [0.1, 0.15) is 11.1 Å². The number of aliphatic imine (C=N–C) groups is 1. The van der Waals surface area contributed by atoms with Crippen molar-refractivity contribution in [1.82, 2.24) is 15.4 Å². The first-order valence-electron chi connectivity index (χ1n) is 8.74. The molecule has 0 spiro atoms. The second-order valence-electron chi connectivity index (χ2n) is 5.93. The number of thioether (sulfide) groups is 1. The second kappa shape index (κ2) is 11.3. The Morgan fingerprint density at radius 1 is 1.04 bits per heavy atom. The zero-order chi connectivity index (χ0) is 20.4. The molecule has 3 N–H and O–H groups in total. The van der Waals surface area contributed by atoms with Crippen molar-refractivity contribution in [1.29, 1.82) is 0 Å². The van der Waals surface area contributed by atoms with Crippen molar-refractivity contribution in [3.8, 4) is 0 Å². The molecule has 2 aromatic carbocycles. The summed E-state index contributed by atoms with van der Waals surface area (Å²) in [4.78, 5) is 5.39. The van der Waals surface area contributed by atoms with Crippen LogP contribution in [0.3, 0.4) is 0 Å². The zero-order valence-electron chi connectivity index (χ0n) is 15.9. The first kappa shape index (κ1) is 22.5. The maximum Gasteiger partial charge on any atom is 0.215 e. The third-order valence-corrected chi connectivity index (χ3v) is 6.45. The molecule has 0 aliphatic rings. The van der Waals surface area contributed by atoms with Gasteiger partial charge in [-0.05, 0) is 42.4 Å². The van der Waals surface area contributed by atoms with Gasteiger partial charge in [0.2, 0.25) is 10.0 Å². The number of halogens is 1. The Morgan fingerprint density at radius 3 is 2.29 bits per heavy atom. The van der Waals surface area contributed by atoms with Gasteiger partial charge in [0.1, 0.15) is 0 Å². The average molecular weight is 441 g/mol. The number of guanidine groups is 1. The minimum atomic E-state index is -3.25. The molecular weight excluding hydrogens is 416 g/mol. The number of hydrogen-bond acceptors (Lipinski definition) is 4. The van der Waals surface area contributed by atoms with Gasteiger partial charge >= 0.3 is 0 Å². The summed E-state index contributed by atoms with van der Waals surface area (Å²) in [6.07, 6.45) is 0. The third-order valence-electron chi connectivity index (χ3n) is 3.85. The van der Waals surface area contributed by atoms with Crippen LogP contribution in [0.5, 0.6) is 0 Å². The van der Waals surface area contributed by atoms with E-state index in [4.69, 9.17) is 11.6 Å². The van der Waals surface area contributed by atoms with Crippen LogP contribution in [0.25, 0.3) is 0 Å². The highest BCUT2D eigenvalue weighted by Crippen LogP contribution is 2.19. The van der Waals surface area contributed by atoms with Crippen molar-refractivity contribution in [2.75, 3.05) is 26.4 Å². The largest absolute Gasteiger partial charge is 0.356 e. The van der Waals surface area contributed by atoms with E-state index in [1.54, 1.807) is 18.8 Å². The standard InChI is InChI=1S/C19H25ClN4O2S2/c1-21-19(23-11-12-27-18-9-7-17(20)8-10-18)24-13-15-3-5-16(6-4-15)14-28(25,26)22-2/h3-10,22H,11-14H2,1-2H3,(H2,21,23,24). The van der Waals surface area contributed by atoms with Crippen LogP contribution in [0.2, 0.25) is 5.02 Å². The zero-order valence-corrected chi connectivity index (χ0v) is 18.3. The van der Waals surface area contributed by atoms with Crippen molar-refractivity contribution in [3.63, 3.8) is 0 Å². The van der Waals surface area contributed by atoms with Crippen molar-refractivity contribution < 1.29 is 8.42 Å². The smallest absolute Gasteiger partial charge is 0.215 e. The lowest BCUT2D eigenvalue weighted by molar-refractivity contribution is 0.587. The predicted molar refractivity (Wildman–Crippen MR) is 119 cm³/mol. The summed E-state index contributed by atoms with van der Waals surface area (Å²) in [5, 5.41) is 7.27. The minimum Gasteiger partial charge on any atom is -0.356 e. The molecule has 2 rings (SSSR count). The van der Waals surface area contributed by atoms with E-state index in [0.717, 1.165) is 34.4 Å². The summed E-state index contributed by atoms with van der Waals surface area (Å²) < 4.78 is 25.5. The average Bonchev–Trinajstić information content (AvgIpc) is 2.69. The maximum absolute atomic E-state index is 11.6. The van der Waals surface area contributed by atoms with Crippen LogP contribution in [0, 0.1) is 0 Å². The SMILES string of the molecule is CN=C(NCCSc1ccc(Cl)cc1)NCc1ccc(CS(=O)(=O)NC)cc1. The fourth-order valence-electron chi connectivity index (χ4n) is 2.32. The van der Waals surface area contributed by atoms with Crippen LogP contribution in [0.4, 0.5) is 0 Å². The molecule has 0 aliphatic carbocycles. The van der Waals surface area contributed by atoms with Crippen molar-refractivity contribution in [2.24, 2.45) is 4.99 Å². The minimum absolute atomic E-state index is 0.0221. The number of sulfonamides is 1. The summed E-state index contributed by atoms with van der Waals surface area (Å²) in [6, 6.07) is 15.3. The van der Waals surface area contributed by atoms with E-state index in [9.17, 15) is 8.42 Å². The van der Waals surface area contributed by atoms with Gasteiger partial charge in [0.05, 0.1) is 5.75 Å². The monoisotopic (exact) mass is 440 g/mol. The summed E-state index contributed by atoms with van der Waals surface area (Å²) >= 11 is 7.63. The lowest BCUT2D eigenvalue weighted by atomic mass is 10.1. The van der Waals surface area contributed by atoms with E-state index in [1.165, 1.54) is 11.9 Å². The van der Waals surface area contributed by atoms with E-state index < -0.39 is 10.0 Å². The first-order chi connectivity index (χ1) is 13.4. The maximum atomic E-state index is 11.6. The van der Waals surface area contributed by atoms with E-state index in [0.29, 0.717) is 6.54 Å². The van der Waals surface area contributed by atoms with Gasteiger partial charge in [-0.15, -0.1) is 11.8 Å².